The normalized spacial score (nSPS) is 12.5. The molecule has 0 aromatic heterocycles. The van der Waals surface area contributed by atoms with Crippen molar-refractivity contribution in [3.05, 3.63) is 24.3 Å². The van der Waals surface area contributed by atoms with E-state index in [1.807, 2.05) is 0 Å². The van der Waals surface area contributed by atoms with Gasteiger partial charge in [-0.3, -0.25) is 4.79 Å². The van der Waals surface area contributed by atoms with Crippen LogP contribution in [0.5, 0.6) is 0 Å². The summed E-state index contributed by atoms with van der Waals surface area (Å²) in [5, 5.41) is 2.56. The van der Waals surface area contributed by atoms with Gasteiger partial charge in [0.05, 0.1) is 10.6 Å². The Balaban J connectivity index is 3.29. The van der Waals surface area contributed by atoms with E-state index < -0.39 is 31.9 Å². The van der Waals surface area contributed by atoms with Crippen LogP contribution in [0.4, 0.5) is 14.5 Å². The third-order valence-corrected chi connectivity index (χ3v) is 3.93. The zero-order valence-corrected chi connectivity index (χ0v) is 11.2. The molecule has 0 fully saturated rings. The van der Waals surface area contributed by atoms with E-state index in [0.29, 0.717) is 0 Å². The Labute approximate surface area is 109 Å². The molecule has 3 N–H and O–H groups in total. The largest absolute Gasteiger partial charge is 0.371 e. The van der Waals surface area contributed by atoms with Gasteiger partial charge in [0, 0.05) is 0 Å². The lowest BCUT2D eigenvalue weighted by Gasteiger charge is -2.25. The van der Waals surface area contributed by atoms with E-state index >= 15 is 0 Å². The first-order valence-corrected chi connectivity index (χ1v) is 6.83. The number of hydrogen-bond acceptors (Lipinski definition) is 4. The van der Waals surface area contributed by atoms with E-state index in [0.717, 1.165) is 6.07 Å². The number of anilines is 1. The zero-order valence-electron chi connectivity index (χ0n) is 10.4. The summed E-state index contributed by atoms with van der Waals surface area (Å²) in [6, 6.07) is 5.11. The molecule has 0 bridgehead atoms. The number of carbonyl (C=O) groups is 1. The Hall–Kier alpha value is -1.70. The van der Waals surface area contributed by atoms with E-state index in [1.165, 1.54) is 32.0 Å². The highest BCUT2D eigenvalue weighted by atomic mass is 32.2. The van der Waals surface area contributed by atoms with Crippen molar-refractivity contribution in [2.45, 2.75) is 30.0 Å². The molecule has 0 saturated carbocycles. The van der Waals surface area contributed by atoms with Crippen LogP contribution in [0, 0.1) is 0 Å². The van der Waals surface area contributed by atoms with Crippen LogP contribution >= 0.6 is 0 Å². The second-order valence-electron chi connectivity index (χ2n) is 4.42. The maximum atomic E-state index is 12.6. The maximum absolute atomic E-state index is 12.6. The van der Waals surface area contributed by atoms with Crippen molar-refractivity contribution in [3.8, 4) is 0 Å². The Morgan fingerprint density at radius 2 is 1.84 bits per heavy atom. The number of nitrogens with two attached hydrogens (primary N) is 1. The molecule has 0 heterocycles. The van der Waals surface area contributed by atoms with E-state index in [4.69, 9.17) is 5.73 Å². The van der Waals surface area contributed by atoms with Crippen LogP contribution in [0.3, 0.4) is 0 Å². The molecule has 1 aromatic carbocycles. The molecule has 8 heteroatoms. The molecule has 0 spiro atoms. The number of hydrogen-bond donors (Lipinski definition) is 2. The quantitative estimate of drug-likeness (QED) is 0.857. The van der Waals surface area contributed by atoms with Crippen molar-refractivity contribution in [3.63, 3.8) is 0 Å². The Bertz CT molecular complexity index is 585. The molecule has 0 aliphatic carbocycles. The minimum atomic E-state index is -4.75. The third-order valence-electron chi connectivity index (χ3n) is 2.49. The second kappa shape index (κ2) is 5.12. The number of para-hydroxylation sites is 1. The smallest absolute Gasteiger partial charge is 0.341 e. The van der Waals surface area contributed by atoms with Gasteiger partial charge in [0.15, 0.2) is 0 Å². The summed E-state index contributed by atoms with van der Waals surface area (Å²) in [5.74, 6) is -4.27. The average Bonchev–Trinajstić information content (AvgIpc) is 2.28. The predicted octanol–water partition coefficient (Wildman–Crippen LogP) is 1.36. The van der Waals surface area contributed by atoms with Gasteiger partial charge in [-0.25, -0.2) is 8.42 Å². The first-order valence-electron chi connectivity index (χ1n) is 5.28. The number of alkyl halides is 2. The predicted molar refractivity (Wildman–Crippen MR) is 66.5 cm³/mol. The molecular formula is C11H14F2N2O3S. The summed E-state index contributed by atoms with van der Waals surface area (Å²) >= 11 is 0. The second-order valence-corrected chi connectivity index (χ2v) is 6.30. The summed E-state index contributed by atoms with van der Waals surface area (Å²) in [5.41, 5.74) is 3.78. The molecule has 5 nitrogen and oxygen atoms in total. The van der Waals surface area contributed by atoms with Gasteiger partial charge in [-0.2, -0.15) is 8.78 Å². The highest BCUT2D eigenvalue weighted by molar-refractivity contribution is 7.91. The number of nitrogens with one attached hydrogen (secondary N) is 1. The highest BCUT2D eigenvalue weighted by Gasteiger charge is 2.32. The van der Waals surface area contributed by atoms with Gasteiger partial charge in [-0.05, 0) is 26.0 Å². The lowest BCUT2D eigenvalue weighted by Crippen LogP contribution is -2.45. The van der Waals surface area contributed by atoms with Crippen LogP contribution in [-0.2, 0) is 14.6 Å². The number of benzene rings is 1. The van der Waals surface area contributed by atoms with Crippen molar-refractivity contribution in [1.29, 1.82) is 0 Å². The van der Waals surface area contributed by atoms with Crippen molar-refractivity contribution in [2.75, 3.05) is 5.32 Å². The minimum Gasteiger partial charge on any atom is -0.371 e. The van der Waals surface area contributed by atoms with Crippen LogP contribution < -0.4 is 11.1 Å². The lowest BCUT2D eigenvalue weighted by atomic mass is 10.0. The van der Waals surface area contributed by atoms with Crippen LogP contribution in [0.25, 0.3) is 0 Å². The van der Waals surface area contributed by atoms with Gasteiger partial charge in [-0.15, -0.1) is 0 Å². The molecule has 0 aliphatic heterocycles. The Kier molecular flexibility index (Phi) is 4.14. The maximum Gasteiger partial charge on any atom is 0.341 e. The van der Waals surface area contributed by atoms with Crippen molar-refractivity contribution in [1.82, 2.24) is 0 Å². The molecule has 1 rings (SSSR count). The molecule has 19 heavy (non-hydrogen) atoms. The molecule has 1 amide bonds. The van der Waals surface area contributed by atoms with Gasteiger partial charge in [-0.1, -0.05) is 12.1 Å². The van der Waals surface area contributed by atoms with E-state index in [9.17, 15) is 22.0 Å². The number of carbonyl (C=O) groups excluding carboxylic acids is 1. The monoisotopic (exact) mass is 292 g/mol. The van der Waals surface area contributed by atoms with Crippen LogP contribution in [0.1, 0.15) is 13.8 Å². The molecule has 0 saturated heterocycles. The molecule has 0 unspecified atom stereocenters. The third kappa shape index (κ3) is 3.19. The molecular weight excluding hydrogens is 278 g/mol. The first kappa shape index (κ1) is 15.4. The van der Waals surface area contributed by atoms with Gasteiger partial charge in [0.1, 0.15) is 5.54 Å². The summed E-state index contributed by atoms with van der Waals surface area (Å²) in [7, 11) is -4.75. The topological polar surface area (TPSA) is 89.3 Å². The SMILES string of the molecule is CC(C)(Nc1ccccc1S(=O)(=O)C(F)F)C(N)=O. The summed E-state index contributed by atoms with van der Waals surface area (Å²) in [6.07, 6.45) is 0. The zero-order chi connectivity index (χ0) is 14.8. The standard InChI is InChI=1S/C11H14F2N2O3S/c1-11(2,9(14)16)15-7-5-3-4-6-8(7)19(17,18)10(12)13/h3-6,10,15H,1-2H3,(H2,14,16). The summed E-state index contributed by atoms with van der Waals surface area (Å²) in [4.78, 5) is 10.6. The summed E-state index contributed by atoms with van der Waals surface area (Å²) < 4.78 is 48.1. The molecule has 0 atom stereocenters. The fourth-order valence-electron chi connectivity index (χ4n) is 1.31. The Morgan fingerprint density at radius 1 is 1.32 bits per heavy atom. The van der Waals surface area contributed by atoms with Crippen LogP contribution in [-0.4, -0.2) is 25.6 Å². The minimum absolute atomic E-state index is 0.0911. The molecule has 106 valence electrons. The van der Waals surface area contributed by atoms with Crippen molar-refractivity contribution >= 4 is 21.4 Å². The number of primary amides is 1. The fraction of sp³-hybridized carbons (Fsp3) is 0.364. The van der Waals surface area contributed by atoms with Gasteiger partial charge >= 0.3 is 5.76 Å². The molecule has 1 aromatic rings. The van der Waals surface area contributed by atoms with Gasteiger partial charge < -0.3 is 11.1 Å². The van der Waals surface area contributed by atoms with Crippen molar-refractivity contribution < 1.29 is 22.0 Å². The van der Waals surface area contributed by atoms with Crippen LogP contribution in [0.2, 0.25) is 0 Å². The number of halogens is 2. The number of sulfone groups is 1. The average molecular weight is 292 g/mol. The first-order chi connectivity index (χ1) is 8.59. The molecule has 0 radical (unpaired) electrons. The van der Waals surface area contributed by atoms with E-state index in [1.54, 1.807) is 0 Å². The number of rotatable bonds is 5. The van der Waals surface area contributed by atoms with Gasteiger partial charge in [0.2, 0.25) is 15.7 Å². The fourth-order valence-corrected chi connectivity index (χ4v) is 2.20. The van der Waals surface area contributed by atoms with E-state index in [2.05, 4.69) is 5.32 Å². The van der Waals surface area contributed by atoms with E-state index in [-0.39, 0.29) is 5.69 Å². The Morgan fingerprint density at radius 3 is 2.32 bits per heavy atom. The summed E-state index contributed by atoms with van der Waals surface area (Å²) in [6.45, 7) is 2.84. The van der Waals surface area contributed by atoms with Crippen molar-refractivity contribution in [2.24, 2.45) is 5.73 Å². The van der Waals surface area contributed by atoms with Gasteiger partial charge in [0.25, 0.3) is 0 Å². The highest BCUT2D eigenvalue weighted by Crippen LogP contribution is 2.28. The van der Waals surface area contributed by atoms with Crippen LogP contribution in [0.15, 0.2) is 29.2 Å². The lowest BCUT2D eigenvalue weighted by molar-refractivity contribution is -0.121. The molecule has 0 aliphatic rings. The number of amides is 1.